The maximum absolute atomic E-state index is 5.22. The summed E-state index contributed by atoms with van der Waals surface area (Å²) in [6.45, 7) is 0. The van der Waals surface area contributed by atoms with Crippen molar-refractivity contribution in [2.45, 2.75) is 12.1 Å². The number of aliphatic imine (C=N–C) groups is 2. The van der Waals surface area contributed by atoms with Gasteiger partial charge in [-0.15, -0.1) is 21.4 Å². The fourth-order valence-electron chi connectivity index (χ4n) is 6.43. The Balaban J connectivity index is 0.00000256. The first-order valence-electron chi connectivity index (χ1n) is 13.6. The summed E-state index contributed by atoms with van der Waals surface area (Å²) in [5, 5.41) is 8.29. The molecule has 0 amide bonds. The van der Waals surface area contributed by atoms with Gasteiger partial charge in [-0.25, -0.2) is 0 Å². The maximum Gasteiger partial charge on any atom is 0.0935 e. The van der Waals surface area contributed by atoms with E-state index in [1.807, 2.05) is 0 Å². The summed E-state index contributed by atoms with van der Waals surface area (Å²) < 4.78 is 0. The Kier molecular flexibility index (Phi) is 5.40. The van der Waals surface area contributed by atoms with Gasteiger partial charge >= 0.3 is 0 Å². The second-order valence-electron chi connectivity index (χ2n) is 10.6. The predicted molar refractivity (Wildman–Crippen MR) is 162 cm³/mol. The Hall–Kier alpha value is -4.70. The third-order valence-electron chi connectivity index (χ3n) is 8.29. The van der Waals surface area contributed by atoms with Gasteiger partial charge in [-0.3, -0.25) is 9.98 Å². The first-order chi connectivity index (χ1) is 19.8. The fourth-order valence-corrected chi connectivity index (χ4v) is 6.43. The average Bonchev–Trinajstić information content (AvgIpc) is 3.73. The van der Waals surface area contributed by atoms with E-state index < -0.39 is 0 Å². The molecular weight excluding hydrogens is 552 g/mol. The third-order valence-corrected chi connectivity index (χ3v) is 8.29. The summed E-state index contributed by atoms with van der Waals surface area (Å²) >= 11 is 0. The standard InChI is InChI=1S/C36H22N4.Cu/c1-2-10-22-21(9-1)29-17-31-23-11-3-4-12-24(23)33(38-31)19-35-27-15-7-8-16-28(27)36(40-35)20-34-26-14-6-5-13-25(26)32(39-34)18-30(22)37-29;/h1-20,29,35H;/q-2;/b31-17-,32-18-,33-19-,34-20-;. The van der Waals surface area contributed by atoms with Gasteiger partial charge in [-0.2, -0.15) is 0 Å². The quantitative estimate of drug-likeness (QED) is 0.259. The van der Waals surface area contributed by atoms with Crippen LogP contribution in [0, 0.1) is 0 Å². The number of hydrogen-bond acceptors (Lipinski definition) is 2. The van der Waals surface area contributed by atoms with Gasteiger partial charge in [0.05, 0.1) is 23.5 Å². The molecule has 0 saturated heterocycles. The van der Waals surface area contributed by atoms with Crippen LogP contribution in [0.2, 0.25) is 0 Å². The SMILES string of the molecule is C1=c2\[n-]/c(c3ccccc23)=C\C2=NC(/C=c3\[n-]/c(c4ccccc34)=C\C3N=C/1c1ccccc13)c1ccccc12.[Cu]. The number of aromatic nitrogens is 2. The van der Waals surface area contributed by atoms with Crippen LogP contribution in [0.4, 0.5) is 0 Å². The largest absolute Gasteiger partial charge is 0.657 e. The number of fused-ring (bicyclic) bond motifs is 18. The van der Waals surface area contributed by atoms with Crippen molar-refractivity contribution in [1.82, 2.24) is 9.97 Å². The number of benzene rings is 4. The smallest absolute Gasteiger partial charge is 0.0935 e. The van der Waals surface area contributed by atoms with E-state index in [4.69, 9.17) is 20.0 Å². The molecule has 3 aliphatic heterocycles. The van der Waals surface area contributed by atoms with E-state index in [-0.39, 0.29) is 29.2 Å². The van der Waals surface area contributed by atoms with Gasteiger partial charge in [-0.1, -0.05) is 121 Å². The molecule has 3 aliphatic rings. The maximum atomic E-state index is 5.22. The average molecular weight is 574 g/mol. The molecule has 5 heteroatoms. The Morgan fingerprint density at radius 1 is 0.439 bits per heavy atom. The molecule has 41 heavy (non-hydrogen) atoms. The van der Waals surface area contributed by atoms with Crippen LogP contribution in [0.25, 0.3) is 45.8 Å². The molecule has 8 bridgehead atoms. The summed E-state index contributed by atoms with van der Waals surface area (Å²) in [6, 6.07) is 33.7. The van der Waals surface area contributed by atoms with Crippen LogP contribution in [0.3, 0.4) is 0 Å². The molecule has 0 saturated carbocycles. The molecule has 199 valence electrons. The van der Waals surface area contributed by atoms with E-state index in [2.05, 4.69) is 121 Å². The molecule has 0 fully saturated rings. The third kappa shape index (κ3) is 3.67. The van der Waals surface area contributed by atoms with Gasteiger partial charge in [0.15, 0.2) is 0 Å². The minimum absolute atomic E-state index is 0. The van der Waals surface area contributed by atoms with Gasteiger partial charge in [-0.05, 0) is 32.7 Å². The van der Waals surface area contributed by atoms with Gasteiger partial charge in [0.1, 0.15) is 0 Å². The Morgan fingerprint density at radius 2 is 0.805 bits per heavy atom. The van der Waals surface area contributed by atoms with E-state index in [1.54, 1.807) is 0 Å². The van der Waals surface area contributed by atoms with Gasteiger partial charge in [0, 0.05) is 28.2 Å². The minimum atomic E-state index is -0.120. The van der Waals surface area contributed by atoms with Crippen LogP contribution in [0.5, 0.6) is 0 Å². The molecule has 2 atom stereocenters. The zero-order valence-corrected chi connectivity index (χ0v) is 22.7. The molecule has 5 heterocycles. The van der Waals surface area contributed by atoms with Crippen molar-refractivity contribution in [1.29, 1.82) is 0 Å². The summed E-state index contributed by atoms with van der Waals surface area (Å²) in [5.74, 6) is 0. The van der Waals surface area contributed by atoms with Crippen molar-refractivity contribution in [2.24, 2.45) is 9.98 Å². The van der Waals surface area contributed by atoms with Crippen molar-refractivity contribution in [3.8, 4) is 0 Å². The molecule has 2 aromatic heterocycles. The molecule has 9 rings (SSSR count). The van der Waals surface area contributed by atoms with Crippen LogP contribution < -0.4 is 31.4 Å². The molecule has 0 spiro atoms. The van der Waals surface area contributed by atoms with Crippen molar-refractivity contribution in [3.63, 3.8) is 0 Å². The van der Waals surface area contributed by atoms with Crippen molar-refractivity contribution < 1.29 is 17.1 Å². The molecular formula is C36H22CuN4-2. The summed E-state index contributed by atoms with van der Waals surface area (Å²) in [7, 11) is 0. The van der Waals surface area contributed by atoms with Crippen molar-refractivity contribution >= 4 is 57.3 Å². The summed E-state index contributed by atoms with van der Waals surface area (Å²) in [4.78, 5) is 20.8. The topological polar surface area (TPSA) is 52.9 Å². The molecule has 1 radical (unpaired) electrons. The monoisotopic (exact) mass is 573 g/mol. The Morgan fingerprint density at radius 3 is 1.27 bits per heavy atom. The molecule has 0 N–H and O–H groups in total. The van der Waals surface area contributed by atoms with Crippen LogP contribution in [0.15, 0.2) is 107 Å². The molecule has 2 unspecified atom stereocenters. The van der Waals surface area contributed by atoms with E-state index in [0.717, 1.165) is 65.5 Å². The Bertz CT molecular complexity index is 2190. The number of rotatable bonds is 0. The second kappa shape index (κ2) is 9.17. The summed E-state index contributed by atoms with van der Waals surface area (Å²) in [6.07, 6.45) is 8.69. The molecule has 4 nitrogen and oxygen atoms in total. The van der Waals surface area contributed by atoms with Crippen molar-refractivity contribution in [2.75, 3.05) is 0 Å². The molecule has 6 aromatic rings. The summed E-state index contributed by atoms with van der Waals surface area (Å²) in [5.41, 5.74) is 6.57. The zero-order valence-electron chi connectivity index (χ0n) is 21.8. The van der Waals surface area contributed by atoms with Gasteiger partial charge < -0.3 is 9.97 Å². The number of hydrogen-bond donors (Lipinski definition) is 0. The second-order valence-corrected chi connectivity index (χ2v) is 10.6. The predicted octanol–water partition coefficient (Wildman–Crippen LogP) is 3.83. The van der Waals surface area contributed by atoms with E-state index >= 15 is 0 Å². The van der Waals surface area contributed by atoms with Crippen LogP contribution in [0.1, 0.15) is 34.3 Å². The van der Waals surface area contributed by atoms with Crippen LogP contribution in [-0.2, 0) is 17.1 Å². The van der Waals surface area contributed by atoms with E-state index in [0.29, 0.717) is 0 Å². The van der Waals surface area contributed by atoms with Gasteiger partial charge in [0.2, 0.25) is 0 Å². The fraction of sp³-hybridized carbons (Fsp3) is 0.0556. The zero-order chi connectivity index (χ0) is 26.2. The normalized spacial score (nSPS) is 21.5. The van der Waals surface area contributed by atoms with E-state index in [1.165, 1.54) is 11.1 Å². The van der Waals surface area contributed by atoms with Crippen LogP contribution in [-0.4, -0.2) is 11.4 Å². The minimum Gasteiger partial charge on any atom is -0.657 e. The van der Waals surface area contributed by atoms with Gasteiger partial charge in [0.25, 0.3) is 0 Å². The van der Waals surface area contributed by atoms with Crippen molar-refractivity contribution in [3.05, 3.63) is 141 Å². The molecule has 0 aliphatic carbocycles. The first-order valence-corrected chi connectivity index (χ1v) is 13.6. The number of nitrogens with zero attached hydrogens (tertiary/aromatic N) is 4. The Labute approximate surface area is 246 Å². The van der Waals surface area contributed by atoms with E-state index in [9.17, 15) is 0 Å². The first kappa shape index (κ1) is 24.1. The molecule has 4 aromatic carbocycles. The van der Waals surface area contributed by atoms with Crippen LogP contribution >= 0.6 is 0 Å².